The van der Waals surface area contributed by atoms with E-state index in [1.807, 2.05) is 5.32 Å². The van der Waals surface area contributed by atoms with Gasteiger partial charge < -0.3 is 53.6 Å². The molecule has 1 aliphatic rings. The second-order valence-electron chi connectivity index (χ2n) is 9.88. The van der Waals surface area contributed by atoms with Crippen molar-refractivity contribution < 1.29 is 39.0 Å². The van der Waals surface area contributed by atoms with Crippen molar-refractivity contribution in [3.8, 4) is 5.75 Å². The van der Waals surface area contributed by atoms with Crippen LogP contribution in [-0.2, 0) is 35.2 Å². The minimum Gasteiger partial charge on any atom is -0.508 e. The summed E-state index contributed by atoms with van der Waals surface area (Å²) in [5, 5.41) is 40.9. The molecule has 0 aliphatic carbocycles. The lowest BCUT2D eigenvalue weighted by atomic mass is 10.0. The SMILES string of the molecule is N=C(N)NCCC[C@@H]1NC(=O)[C@H](CCCCN)NC(=O)[C@@H](Cc2ccc(O)cc2)NC(=O)[C@H](C(=O)O)NC(=O)CNC1=O. The molecule has 4 atom stereocenters. The number of carboxylic acids is 1. The summed E-state index contributed by atoms with van der Waals surface area (Å²) in [7, 11) is 0. The summed E-state index contributed by atoms with van der Waals surface area (Å²) in [6.07, 6.45) is 1.28. The molecule has 1 aromatic rings. The zero-order chi connectivity index (χ0) is 31.9. The van der Waals surface area contributed by atoms with Crippen molar-refractivity contribution in [3.05, 3.63) is 29.8 Å². The van der Waals surface area contributed by atoms with Crippen molar-refractivity contribution in [2.24, 2.45) is 11.5 Å². The van der Waals surface area contributed by atoms with Crippen LogP contribution in [0.5, 0.6) is 5.75 Å². The molecule has 1 aromatic carbocycles. The number of phenolic OH excluding ortho intramolecular Hbond substituents is 1. The normalized spacial score (nSPS) is 22.0. The van der Waals surface area contributed by atoms with Crippen LogP contribution in [0.1, 0.15) is 37.7 Å². The van der Waals surface area contributed by atoms with Gasteiger partial charge in [-0.05, 0) is 56.3 Å². The molecule has 0 radical (unpaired) electrons. The highest BCUT2D eigenvalue weighted by molar-refractivity contribution is 6.06. The van der Waals surface area contributed by atoms with Crippen molar-refractivity contribution in [1.29, 1.82) is 5.41 Å². The van der Waals surface area contributed by atoms with Crippen molar-refractivity contribution in [1.82, 2.24) is 31.9 Å². The third-order valence-electron chi connectivity index (χ3n) is 6.44. The molecule has 17 nitrogen and oxygen atoms in total. The van der Waals surface area contributed by atoms with Crippen molar-refractivity contribution in [2.45, 2.75) is 62.7 Å². The molecule has 1 fully saturated rings. The van der Waals surface area contributed by atoms with Gasteiger partial charge in [-0.25, -0.2) is 4.79 Å². The molecule has 1 aliphatic heterocycles. The number of unbranched alkanes of at least 4 members (excludes halogenated alkanes) is 1. The quantitative estimate of drug-likeness (QED) is 0.0508. The first-order chi connectivity index (χ1) is 20.4. The number of nitrogens with one attached hydrogen (secondary N) is 7. The van der Waals surface area contributed by atoms with Crippen LogP contribution in [-0.4, -0.2) is 95.5 Å². The number of guanidine groups is 1. The minimum atomic E-state index is -2.10. The molecular weight excluding hydrogens is 566 g/mol. The topological polar surface area (TPSA) is 291 Å². The second-order valence-corrected chi connectivity index (χ2v) is 9.88. The van der Waals surface area contributed by atoms with Gasteiger partial charge in [0.05, 0.1) is 6.54 Å². The summed E-state index contributed by atoms with van der Waals surface area (Å²) in [6.45, 7) is -0.172. The Morgan fingerprint density at radius 3 is 2.05 bits per heavy atom. The van der Waals surface area contributed by atoms with E-state index in [9.17, 15) is 39.0 Å². The summed E-state index contributed by atoms with van der Waals surface area (Å²) in [5.74, 6) is -6.55. The van der Waals surface area contributed by atoms with Gasteiger partial charge in [0.25, 0.3) is 5.91 Å². The molecular formula is C26H39N9O8. The van der Waals surface area contributed by atoms with Crippen LogP contribution in [0.3, 0.4) is 0 Å². The summed E-state index contributed by atoms with van der Waals surface area (Å²) in [6, 6.07) is -0.108. The summed E-state index contributed by atoms with van der Waals surface area (Å²) >= 11 is 0. The maximum absolute atomic E-state index is 13.5. The largest absolute Gasteiger partial charge is 0.508 e. The van der Waals surface area contributed by atoms with Gasteiger partial charge in [0.2, 0.25) is 29.7 Å². The number of rotatable bonds is 11. The smallest absolute Gasteiger partial charge is 0.336 e. The Hall–Kier alpha value is -4.93. The first-order valence-corrected chi connectivity index (χ1v) is 13.7. The second kappa shape index (κ2) is 17.1. The molecule has 0 unspecified atom stereocenters. The van der Waals surface area contributed by atoms with Gasteiger partial charge in [0.15, 0.2) is 5.96 Å². The van der Waals surface area contributed by atoms with Crippen LogP contribution in [0.4, 0.5) is 0 Å². The number of hydrogen-bond acceptors (Lipinski definition) is 9. The number of carbonyl (C=O) groups excluding carboxylic acids is 5. The minimum absolute atomic E-state index is 0.0422. The highest BCUT2D eigenvalue weighted by Crippen LogP contribution is 2.12. The van der Waals surface area contributed by atoms with Gasteiger partial charge in [-0.15, -0.1) is 0 Å². The highest BCUT2D eigenvalue weighted by Gasteiger charge is 2.34. The average molecular weight is 606 g/mol. The van der Waals surface area contributed by atoms with Crippen LogP contribution in [0.15, 0.2) is 24.3 Å². The summed E-state index contributed by atoms with van der Waals surface area (Å²) < 4.78 is 0. The Morgan fingerprint density at radius 1 is 0.860 bits per heavy atom. The fraction of sp³-hybridized carbons (Fsp3) is 0.500. The number of carbonyl (C=O) groups is 6. The number of aliphatic carboxylic acids is 1. The first kappa shape index (κ1) is 34.3. The van der Waals surface area contributed by atoms with Crippen molar-refractivity contribution in [2.75, 3.05) is 19.6 Å². The molecule has 43 heavy (non-hydrogen) atoms. The van der Waals surface area contributed by atoms with E-state index < -0.39 is 66.2 Å². The predicted molar refractivity (Wildman–Crippen MR) is 152 cm³/mol. The Morgan fingerprint density at radius 2 is 1.44 bits per heavy atom. The molecule has 0 bridgehead atoms. The van der Waals surface area contributed by atoms with Crippen molar-refractivity contribution in [3.63, 3.8) is 0 Å². The molecule has 13 N–H and O–H groups in total. The number of carboxylic acid groups (broad SMARTS) is 1. The van der Waals surface area contributed by atoms with Gasteiger partial charge in [-0.1, -0.05) is 12.1 Å². The maximum atomic E-state index is 13.5. The Labute approximate surface area is 247 Å². The molecule has 0 saturated carbocycles. The van der Waals surface area contributed by atoms with Crippen LogP contribution >= 0.6 is 0 Å². The average Bonchev–Trinajstić information content (AvgIpc) is 2.95. The lowest BCUT2D eigenvalue weighted by Crippen LogP contribution is -2.59. The van der Waals surface area contributed by atoms with E-state index in [0.717, 1.165) is 0 Å². The number of nitrogens with two attached hydrogens (primary N) is 2. The van der Waals surface area contributed by atoms with Gasteiger partial charge in [0.1, 0.15) is 23.9 Å². The molecule has 0 aromatic heterocycles. The van der Waals surface area contributed by atoms with E-state index in [4.69, 9.17) is 16.9 Å². The molecule has 5 amide bonds. The fourth-order valence-electron chi connectivity index (χ4n) is 4.18. The number of benzene rings is 1. The molecule has 236 valence electrons. The monoisotopic (exact) mass is 605 g/mol. The Kier molecular flexibility index (Phi) is 13.6. The van der Waals surface area contributed by atoms with Crippen LogP contribution < -0.4 is 43.4 Å². The predicted octanol–water partition coefficient (Wildman–Crippen LogP) is -3.52. The molecule has 0 spiro atoms. The zero-order valence-electron chi connectivity index (χ0n) is 23.5. The molecule has 2 rings (SSSR count). The number of hydrogen-bond donors (Lipinski definition) is 11. The van der Waals surface area contributed by atoms with Gasteiger partial charge >= 0.3 is 5.97 Å². The Balaban J connectivity index is 2.43. The fourth-order valence-corrected chi connectivity index (χ4v) is 4.18. The maximum Gasteiger partial charge on any atom is 0.336 e. The summed E-state index contributed by atoms with van der Waals surface area (Å²) in [4.78, 5) is 77.1. The number of phenols is 1. The first-order valence-electron chi connectivity index (χ1n) is 13.7. The van der Waals surface area contributed by atoms with Gasteiger partial charge in [-0.2, -0.15) is 0 Å². The number of aromatic hydroxyl groups is 1. The number of amides is 5. The van der Waals surface area contributed by atoms with E-state index in [1.165, 1.54) is 24.3 Å². The lowest BCUT2D eigenvalue weighted by Gasteiger charge is -2.25. The van der Waals surface area contributed by atoms with E-state index in [1.54, 1.807) is 0 Å². The molecule has 1 saturated heterocycles. The van der Waals surface area contributed by atoms with E-state index in [2.05, 4.69) is 26.6 Å². The van der Waals surface area contributed by atoms with Crippen molar-refractivity contribution >= 4 is 41.5 Å². The van der Waals surface area contributed by atoms with Gasteiger partial charge in [0, 0.05) is 13.0 Å². The molecule has 1 heterocycles. The van der Waals surface area contributed by atoms with E-state index in [0.29, 0.717) is 24.9 Å². The third kappa shape index (κ3) is 11.8. The zero-order valence-corrected chi connectivity index (χ0v) is 23.5. The van der Waals surface area contributed by atoms with Crippen LogP contribution in [0.25, 0.3) is 0 Å². The highest BCUT2D eigenvalue weighted by atomic mass is 16.4. The summed E-state index contributed by atoms with van der Waals surface area (Å²) in [5.41, 5.74) is 11.4. The van der Waals surface area contributed by atoms with E-state index >= 15 is 0 Å². The molecule has 17 heteroatoms. The van der Waals surface area contributed by atoms with Gasteiger partial charge in [-0.3, -0.25) is 29.4 Å². The van der Waals surface area contributed by atoms with E-state index in [-0.39, 0.29) is 43.9 Å². The lowest BCUT2D eigenvalue weighted by molar-refractivity contribution is -0.147. The van der Waals surface area contributed by atoms with Crippen LogP contribution in [0, 0.1) is 5.41 Å². The Bertz CT molecular complexity index is 1180. The third-order valence-corrected chi connectivity index (χ3v) is 6.44. The standard InChI is InChI=1S/C26H39N9O8/c27-10-2-1-4-17-22(39)32-16(5-3-11-30-26(28)29)21(38)31-13-19(37)35-20(25(42)43)24(41)34-18(23(40)33-17)12-14-6-8-15(36)9-7-14/h6-9,16-18,20,36H,1-5,10-13,27H2,(H,31,38)(H,32,39)(H,33,40)(H,34,41)(H,35,37)(H,42,43)(H4,28,29,30)/t16-,17-,18+,20+/m0/s1. The van der Waals surface area contributed by atoms with Crippen LogP contribution in [0.2, 0.25) is 0 Å².